The summed E-state index contributed by atoms with van der Waals surface area (Å²) in [5.74, 6) is 0.624. The van der Waals surface area contributed by atoms with Crippen LogP contribution in [-0.4, -0.2) is 36.5 Å². The second kappa shape index (κ2) is 8.10. The van der Waals surface area contributed by atoms with Crippen molar-refractivity contribution in [3.8, 4) is 6.07 Å². The smallest absolute Gasteiger partial charge is 0.239 e. The molecule has 0 aliphatic carbocycles. The van der Waals surface area contributed by atoms with E-state index in [0.717, 1.165) is 32.4 Å². The van der Waals surface area contributed by atoms with Crippen molar-refractivity contribution in [3.05, 3.63) is 0 Å². The summed E-state index contributed by atoms with van der Waals surface area (Å²) in [6, 6.07) is 2.09. The van der Waals surface area contributed by atoms with Crippen molar-refractivity contribution in [3.63, 3.8) is 0 Å². The standard InChI is InChI=1S/C14H25N3O/c1-12(2)11-17(10-6-8-15)14(18)13-7-4-3-5-9-16-13/h12-13,16H,3-7,9-11H2,1-2H3. The maximum absolute atomic E-state index is 12.4. The van der Waals surface area contributed by atoms with Gasteiger partial charge in [0.05, 0.1) is 18.5 Å². The molecule has 1 saturated heterocycles. The van der Waals surface area contributed by atoms with Crippen LogP contribution in [0.25, 0.3) is 0 Å². The van der Waals surface area contributed by atoms with E-state index in [-0.39, 0.29) is 11.9 Å². The molecule has 102 valence electrons. The largest absolute Gasteiger partial charge is 0.340 e. The van der Waals surface area contributed by atoms with E-state index in [9.17, 15) is 4.79 Å². The van der Waals surface area contributed by atoms with Gasteiger partial charge in [-0.05, 0) is 25.3 Å². The minimum Gasteiger partial charge on any atom is -0.340 e. The number of rotatable bonds is 5. The number of carbonyl (C=O) groups excluding carboxylic acids is 1. The van der Waals surface area contributed by atoms with Crippen LogP contribution in [0.15, 0.2) is 0 Å². The third kappa shape index (κ3) is 5.05. The number of nitrogens with zero attached hydrogens (tertiary/aromatic N) is 2. The molecule has 1 amide bonds. The van der Waals surface area contributed by atoms with Crippen molar-refractivity contribution < 1.29 is 4.79 Å². The van der Waals surface area contributed by atoms with Gasteiger partial charge in [0.1, 0.15) is 0 Å². The Kier molecular flexibility index (Phi) is 6.74. The molecular weight excluding hydrogens is 226 g/mol. The lowest BCUT2D eigenvalue weighted by molar-refractivity contribution is -0.134. The summed E-state index contributed by atoms with van der Waals surface area (Å²) in [5, 5.41) is 12.0. The fourth-order valence-electron chi connectivity index (χ4n) is 2.38. The fraction of sp³-hybridized carbons (Fsp3) is 0.857. The zero-order chi connectivity index (χ0) is 13.4. The van der Waals surface area contributed by atoms with Crippen LogP contribution in [0.5, 0.6) is 0 Å². The predicted octanol–water partition coefficient (Wildman–Crippen LogP) is 1.92. The quantitative estimate of drug-likeness (QED) is 0.812. The highest BCUT2D eigenvalue weighted by atomic mass is 16.2. The van der Waals surface area contributed by atoms with Gasteiger partial charge in [0.15, 0.2) is 0 Å². The number of nitriles is 1. The summed E-state index contributed by atoms with van der Waals surface area (Å²) in [4.78, 5) is 14.3. The third-order valence-electron chi connectivity index (χ3n) is 3.25. The Labute approximate surface area is 110 Å². The Morgan fingerprint density at radius 2 is 2.22 bits per heavy atom. The monoisotopic (exact) mass is 251 g/mol. The predicted molar refractivity (Wildman–Crippen MR) is 71.9 cm³/mol. The van der Waals surface area contributed by atoms with E-state index in [1.54, 1.807) is 0 Å². The van der Waals surface area contributed by atoms with E-state index in [4.69, 9.17) is 5.26 Å². The number of hydrogen-bond acceptors (Lipinski definition) is 3. The number of hydrogen-bond donors (Lipinski definition) is 1. The van der Waals surface area contributed by atoms with Crippen molar-refractivity contribution in [1.82, 2.24) is 10.2 Å². The lowest BCUT2D eigenvalue weighted by Crippen LogP contribution is -2.47. The summed E-state index contributed by atoms with van der Waals surface area (Å²) < 4.78 is 0. The Hall–Kier alpha value is -1.08. The molecule has 1 unspecified atom stereocenters. The zero-order valence-corrected chi connectivity index (χ0v) is 11.6. The van der Waals surface area contributed by atoms with Crippen LogP contribution in [0.2, 0.25) is 0 Å². The first-order valence-electron chi connectivity index (χ1n) is 7.04. The average Bonchev–Trinajstić information content (AvgIpc) is 2.61. The van der Waals surface area contributed by atoms with E-state index in [2.05, 4.69) is 25.2 Å². The normalized spacial score (nSPS) is 20.2. The highest BCUT2D eigenvalue weighted by Crippen LogP contribution is 2.12. The Morgan fingerprint density at radius 1 is 1.44 bits per heavy atom. The van der Waals surface area contributed by atoms with E-state index in [1.165, 1.54) is 6.42 Å². The van der Waals surface area contributed by atoms with Crippen LogP contribution >= 0.6 is 0 Å². The van der Waals surface area contributed by atoms with E-state index >= 15 is 0 Å². The Balaban J connectivity index is 2.58. The van der Waals surface area contributed by atoms with E-state index in [0.29, 0.717) is 18.9 Å². The molecule has 0 spiro atoms. The van der Waals surface area contributed by atoms with Gasteiger partial charge in [-0.25, -0.2) is 0 Å². The molecule has 18 heavy (non-hydrogen) atoms. The zero-order valence-electron chi connectivity index (χ0n) is 11.6. The van der Waals surface area contributed by atoms with Crippen molar-refractivity contribution >= 4 is 5.91 Å². The minimum absolute atomic E-state index is 0.0371. The van der Waals surface area contributed by atoms with E-state index < -0.39 is 0 Å². The average molecular weight is 251 g/mol. The van der Waals surface area contributed by atoms with Crippen molar-refractivity contribution in [1.29, 1.82) is 5.26 Å². The molecule has 4 nitrogen and oxygen atoms in total. The summed E-state index contributed by atoms with van der Waals surface area (Å²) in [6.45, 7) is 6.45. The highest BCUT2D eigenvalue weighted by molar-refractivity contribution is 5.82. The van der Waals surface area contributed by atoms with Gasteiger partial charge >= 0.3 is 0 Å². The van der Waals surface area contributed by atoms with Crippen molar-refractivity contribution in [2.24, 2.45) is 5.92 Å². The molecule has 0 aromatic carbocycles. The van der Waals surface area contributed by atoms with Crippen molar-refractivity contribution in [2.45, 2.75) is 52.0 Å². The van der Waals surface area contributed by atoms with Gasteiger partial charge in [0, 0.05) is 13.1 Å². The molecule has 1 aliphatic heterocycles. The summed E-state index contributed by atoms with van der Waals surface area (Å²) in [5.41, 5.74) is 0. The molecule has 1 fully saturated rings. The van der Waals surface area contributed by atoms with Crippen LogP contribution < -0.4 is 5.32 Å². The van der Waals surface area contributed by atoms with Gasteiger partial charge < -0.3 is 10.2 Å². The van der Waals surface area contributed by atoms with Crippen LogP contribution in [-0.2, 0) is 4.79 Å². The van der Waals surface area contributed by atoms with Gasteiger partial charge in [0.2, 0.25) is 5.91 Å². The summed E-state index contributed by atoms with van der Waals surface area (Å²) in [7, 11) is 0. The summed E-state index contributed by atoms with van der Waals surface area (Å²) >= 11 is 0. The first-order valence-corrected chi connectivity index (χ1v) is 7.04. The maximum Gasteiger partial charge on any atom is 0.239 e. The molecule has 0 radical (unpaired) electrons. The van der Waals surface area contributed by atoms with Gasteiger partial charge in [-0.3, -0.25) is 4.79 Å². The second-order valence-electron chi connectivity index (χ2n) is 5.44. The first-order chi connectivity index (χ1) is 8.65. The van der Waals surface area contributed by atoms with Gasteiger partial charge in [-0.15, -0.1) is 0 Å². The molecule has 1 N–H and O–H groups in total. The van der Waals surface area contributed by atoms with Gasteiger partial charge in [-0.1, -0.05) is 26.7 Å². The molecule has 1 heterocycles. The SMILES string of the molecule is CC(C)CN(CCC#N)C(=O)C1CCCCCN1. The molecule has 1 rings (SSSR count). The van der Waals surface area contributed by atoms with Crippen LogP contribution in [0.1, 0.15) is 46.0 Å². The maximum atomic E-state index is 12.4. The molecule has 1 atom stereocenters. The molecular formula is C14H25N3O. The minimum atomic E-state index is -0.0371. The Bertz CT molecular complexity index is 288. The number of amides is 1. The van der Waals surface area contributed by atoms with Crippen LogP contribution in [0.4, 0.5) is 0 Å². The highest BCUT2D eigenvalue weighted by Gasteiger charge is 2.24. The molecule has 0 aromatic rings. The molecule has 0 aromatic heterocycles. The number of nitrogens with one attached hydrogen (secondary N) is 1. The molecule has 0 saturated carbocycles. The van der Waals surface area contributed by atoms with Crippen molar-refractivity contribution in [2.75, 3.05) is 19.6 Å². The molecule has 0 bridgehead atoms. The first kappa shape index (κ1) is 15.0. The molecule has 1 aliphatic rings. The fourth-order valence-corrected chi connectivity index (χ4v) is 2.38. The summed E-state index contributed by atoms with van der Waals surface area (Å²) in [6.07, 6.45) is 4.84. The van der Waals surface area contributed by atoms with Gasteiger partial charge in [-0.2, -0.15) is 5.26 Å². The van der Waals surface area contributed by atoms with E-state index in [1.807, 2.05) is 4.90 Å². The second-order valence-corrected chi connectivity index (χ2v) is 5.44. The lowest BCUT2D eigenvalue weighted by atomic mass is 10.1. The Morgan fingerprint density at radius 3 is 2.89 bits per heavy atom. The van der Waals surface area contributed by atoms with Crippen LogP contribution in [0.3, 0.4) is 0 Å². The third-order valence-corrected chi connectivity index (χ3v) is 3.25. The molecule has 4 heteroatoms. The lowest BCUT2D eigenvalue weighted by Gasteiger charge is -2.28. The number of carbonyl (C=O) groups is 1. The topological polar surface area (TPSA) is 56.1 Å². The van der Waals surface area contributed by atoms with Gasteiger partial charge in [0.25, 0.3) is 0 Å². The van der Waals surface area contributed by atoms with Crippen LogP contribution in [0, 0.1) is 17.2 Å².